The van der Waals surface area contributed by atoms with E-state index in [0.717, 1.165) is 48.7 Å². The lowest BCUT2D eigenvalue weighted by Crippen LogP contribution is -2.47. The molecule has 0 spiro atoms. The molecule has 36 heavy (non-hydrogen) atoms. The highest BCUT2D eigenvalue weighted by Gasteiger charge is 2.28. The maximum atomic E-state index is 13.3. The maximum Gasteiger partial charge on any atom is 0.225 e. The Morgan fingerprint density at radius 1 is 1.03 bits per heavy atom. The predicted molar refractivity (Wildman–Crippen MR) is 138 cm³/mol. The Bertz CT molecular complexity index is 1400. The zero-order chi connectivity index (χ0) is 25.3. The first kappa shape index (κ1) is 23.6. The van der Waals surface area contributed by atoms with Crippen molar-refractivity contribution in [2.75, 3.05) is 36.0 Å². The van der Waals surface area contributed by atoms with E-state index in [2.05, 4.69) is 42.5 Å². The monoisotopic (exact) mass is 485 g/mol. The molecule has 5 rings (SSSR count). The summed E-state index contributed by atoms with van der Waals surface area (Å²) in [7, 11) is 0. The van der Waals surface area contributed by atoms with E-state index in [4.69, 9.17) is 0 Å². The molecule has 184 valence electrons. The molecule has 1 aromatic carbocycles. The minimum atomic E-state index is -1.32. The zero-order valence-electron chi connectivity index (χ0n) is 20.3. The number of halogens is 1. The van der Waals surface area contributed by atoms with E-state index < -0.39 is 5.60 Å². The number of aromatic nitrogens is 5. The van der Waals surface area contributed by atoms with Gasteiger partial charge in [0.15, 0.2) is 5.82 Å². The van der Waals surface area contributed by atoms with Crippen molar-refractivity contribution < 1.29 is 9.50 Å². The van der Waals surface area contributed by atoms with E-state index in [1.54, 1.807) is 37.8 Å². The van der Waals surface area contributed by atoms with Crippen LogP contribution in [0.5, 0.6) is 0 Å². The van der Waals surface area contributed by atoms with Gasteiger partial charge >= 0.3 is 0 Å². The lowest BCUT2D eigenvalue weighted by molar-refractivity contribution is 0.101. The summed E-state index contributed by atoms with van der Waals surface area (Å²) in [6.45, 7) is 10.7. The van der Waals surface area contributed by atoms with Gasteiger partial charge in [-0.3, -0.25) is 0 Å². The van der Waals surface area contributed by atoms with Crippen LogP contribution in [0.2, 0.25) is 0 Å². The van der Waals surface area contributed by atoms with Crippen LogP contribution in [0.25, 0.3) is 11.1 Å². The second kappa shape index (κ2) is 9.50. The first-order valence-corrected chi connectivity index (χ1v) is 11.8. The van der Waals surface area contributed by atoms with E-state index in [9.17, 15) is 9.50 Å². The Kier molecular flexibility index (Phi) is 6.24. The summed E-state index contributed by atoms with van der Waals surface area (Å²) >= 11 is 0. The van der Waals surface area contributed by atoms with Crippen LogP contribution in [0.3, 0.4) is 0 Å². The van der Waals surface area contributed by atoms with Gasteiger partial charge in [-0.25, -0.2) is 23.9 Å². The third-order valence-electron chi connectivity index (χ3n) is 6.59. The Labute approximate surface area is 209 Å². The van der Waals surface area contributed by atoms with E-state index >= 15 is 0 Å². The molecule has 1 saturated heterocycles. The van der Waals surface area contributed by atoms with Crippen LogP contribution in [-0.4, -0.2) is 55.9 Å². The van der Waals surface area contributed by atoms with Crippen LogP contribution in [0.1, 0.15) is 30.5 Å². The third-order valence-corrected chi connectivity index (χ3v) is 6.59. The highest BCUT2D eigenvalue weighted by atomic mass is 19.1. The largest absolute Gasteiger partial charge is 0.381 e. The molecule has 3 aromatic heterocycles. The summed E-state index contributed by atoms with van der Waals surface area (Å²) in [6, 6.07) is 7.86. The molecule has 0 aliphatic carbocycles. The predicted octanol–water partition coefficient (Wildman–Crippen LogP) is 3.83. The average molecular weight is 486 g/mol. The fourth-order valence-corrected chi connectivity index (χ4v) is 4.43. The molecular weight excluding hydrogens is 457 g/mol. The van der Waals surface area contributed by atoms with Crippen molar-refractivity contribution in [3.63, 3.8) is 0 Å². The number of hydrogen-bond donors (Lipinski definition) is 1. The SMILES string of the molecule is C=C(C=CC)c1cc2c(N3CCN(c4ncc(C(C)(O)c5ccc(F)cc5)cn4)CC3)ncnn2c1. The van der Waals surface area contributed by atoms with Gasteiger partial charge in [0.25, 0.3) is 0 Å². The average Bonchev–Trinajstić information content (AvgIpc) is 3.34. The van der Waals surface area contributed by atoms with Crippen LogP contribution in [-0.2, 0) is 5.60 Å². The molecule has 4 heterocycles. The molecule has 8 nitrogen and oxygen atoms in total. The third kappa shape index (κ3) is 4.45. The number of nitrogens with zero attached hydrogens (tertiary/aromatic N) is 7. The number of piperazine rings is 1. The smallest absolute Gasteiger partial charge is 0.225 e. The van der Waals surface area contributed by atoms with Crippen LogP contribution >= 0.6 is 0 Å². The molecule has 1 atom stereocenters. The highest BCUT2D eigenvalue weighted by Crippen LogP contribution is 2.29. The standard InChI is InChI=1S/C27H28FN7O/c1-4-5-19(2)20-14-24-25(31-18-32-35(24)17-20)33-10-12-34(13-11-33)26-29-15-22(16-30-26)27(3,36)21-6-8-23(28)9-7-21/h4-9,14-18,36H,2,10-13H2,1,3H3. The summed E-state index contributed by atoms with van der Waals surface area (Å²) < 4.78 is 15.1. The maximum absolute atomic E-state index is 13.3. The lowest BCUT2D eigenvalue weighted by Gasteiger charge is -2.35. The van der Waals surface area contributed by atoms with Gasteiger partial charge in [0.2, 0.25) is 5.95 Å². The van der Waals surface area contributed by atoms with Gasteiger partial charge in [0, 0.05) is 55.9 Å². The Balaban J connectivity index is 1.29. The van der Waals surface area contributed by atoms with Gasteiger partial charge in [-0.05, 0) is 43.2 Å². The Morgan fingerprint density at radius 3 is 2.36 bits per heavy atom. The van der Waals surface area contributed by atoms with Crippen LogP contribution in [0.15, 0.2) is 74.0 Å². The topological polar surface area (TPSA) is 82.7 Å². The van der Waals surface area contributed by atoms with Gasteiger partial charge in [0.05, 0.1) is 0 Å². The van der Waals surface area contributed by atoms with Crippen LogP contribution < -0.4 is 9.80 Å². The van der Waals surface area contributed by atoms with Crippen LogP contribution in [0, 0.1) is 5.82 Å². The fourth-order valence-electron chi connectivity index (χ4n) is 4.43. The minimum absolute atomic E-state index is 0.348. The molecule has 9 heteroatoms. The molecule has 1 aliphatic heterocycles. The molecule has 0 radical (unpaired) electrons. The van der Waals surface area contributed by atoms with Gasteiger partial charge in [-0.2, -0.15) is 5.10 Å². The molecule has 0 amide bonds. The molecule has 0 saturated carbocycles. The summed E-state index contributed by atoms with van der Waals surface area (Å²) in [5, 5.41) is 15.4. The van der Waals surface area contributed by atoms with Gasteiger partial charge in [-0.1, -0.05) is 30.9 Å². The van der Waals surface area contributed by atoms with Gasteiger partial charge < -0.3 is 14.9 Å². The zero-order valence-corrected chi connectivity index (χ0v) is 20.3. The van der Waals surface area contributed by atoms with Crippen molar-refractivity contribution in [1.29, 1.82) is 0 Å². The van der Waals surface area contributed by atoms with E-state index in [1.165, 1.54) is 12.1 Å². The van der Waals surface area contributed by atoms with Crippen molar-refractivity contribution in [1.82, 2.24) is 24.6 Å². The van der Waals surface area contributed by atoms with E-state index in [1.807, 2.05) is 29.8 Å². The molecule has 1 N–H and O–H groups in total. The molecule has 4 aromatic rings. The van der Waals surface area contributed by atoms with Crippen molar-refractivity contribution in [3.05, 3.63) is 96.5 Å². The van der Waals surface area contributed by atoms with Crippen molar-refractivity contribution in [2.45, 2.75) is 19.4 Å². The van der Waals surface area contributed by atoms with E-state index in [-0.39, 0.29) is 5.82 Å². The fraction of sp³-hybridized carbons (Fsp3) is 0.259. The van der Waals surface area contributed by atoms with Gasteiger partial charge in [-0.15, -0.1) is 0 Å². The number of hydrogen-bond acceptors (Lipinski definition) is 7. The Morgan fingerprint density at radius 2 is 1.69 bits per heavy atom. The van der Waals surface area contributed by atoms with Crippen LogP contribution in [0.4, 0.5) is 16.2 Å². The minimum Gasteiger partial charge on any atom is -0.381 e. The first-order chi connectivity index (χ1) is 17.4. The number of benzene rings is 1. The van der Waals surface area contributed by atoms with Crippen molar-refractivity contribution >= 4 is 22.9 Å². The normalized spacial score (nSPS) is 16.0. The lowest BCUT2D eigenvalue weighted by atomic mass is 9.90. The number of anilines is 2. The molecule has 1 unspecified atom stereocenters. The molecule has 1 fully saturated rings. The second-order valence-electron chi connectivity index (χ2n) is 8.99. The number of aliphatic hydroxyl groups is 1. The first-order valence-electron chi connectivity index (χ1n) is 11.8. The molecule has 1 aliphatic rings. The molecular formula is C27H28FN7O. The quantitative estimate of drug-likeness (QED) is 0.416. The number of fused-ring (bicyclic) bond motifs is 1. The van der Waals surface area contributed by atoms with E-state index in [0.29, 0.717) is 17.1 Å². The summed E-state index contributed by atoms with van der Waals surface area (Å²) in [5.74, 6) is 1.14. The van der Waals surface area contributed by atoms with Crippen molar-refractivity contribution in [3.8, 4) is 0 Å². The molecule has 0 bridgehead atoms. The summed E-state index contributed by atoms with van der Waals surface area (Å²) in [6.07, 6.45) is 10.7. The highest BCUT2D eigenvalue weighted by molar-refractivity contribution is 5.79. The number of allylic oxidation sites excluding steroid dienone is 3. The van der Waals surface area contributed by atoms with Crippen molar-refractivity contribution in [2.24, 2.45) is 0 Å². The Hall–Kier alpha value is -4.11. The van der Waals surface area contributed by atoms with Gasteiger partial charge in [0.1, 0.15) is 23.3 Å². The summed E-state index contributed by atoms with van der Waals surface area (Å²) in [4.78, 5) is 18.0. The summed E-state index contributed by atoms with van der Waals surface area (Å²) in [5.41, 5.74) is 2.68. The second-order valence-corrected chi connectivity index (χ2v) is 8.99. The number of rotatable bonds is 6.